The van der Waals surface area contributed by atoms with Crippen molar-refractivity contribution in [3.63, 3.8) is 0 Å². The maximum atomic E-state index is 12.0. The van der Waals surface area contributed by atoms with E-state index < -0.39 is 0 Å². The van der Waals surface area contributed by atoms with Crippen molar-refractivity contribution < 1.29 is 9.53 Å². The number of benzene rings is 2. The second kappa shape index (κ2) is 7.83. The van der Waals surface area contributed by atoms with Gasteiger partial charge in [-0.05, 0) is 48.2 Å². The van der Waals surface area contributed by atoms with Crippen molar-refractivity contribution in [2.45, 2.75) is 19.3 Å². The number of rotatable bonds is 7. The molecule has 0 unspecified atom stereocenters. The van der Waals surface area contributed by atoms with Crippen molar-refractivity contribution in [2.75, 3.05) is 13.7 Å². The molecule has 0 bridgehead atoms. The Kier molecular flexibility index (Phi) is 5.33. The number of nitrogens with zero attached hydrogens (tertiary/aromatic N) is 2. The maximum Gasteiger partial charge on any atom is 0.220 e. The summed E-state index contributed by atoms with van der Waals surface area (Å²) >= 11 is 0. The molecule has 0 saturated heterocycles. The molecular formula is C20H23N3O2. The Labute approximate surface area is 147 Å². The highest BCUT2D eigenvalue weighted by Gasteiger charge is 2.05. The van der Waals surface area contributed by atoms with Gasteiger partial charge in [0.05, 0.1) is 24.5 Å². The molecule has 1 heterocycles. The highest BCUT2D eigenvalue weighted by molar-refractivity contribution is 5.77. The summed E-state index contributed by atoms with van der Waals surface area (Å²) in [6.45, 7) is 0.634. The average Bonchev–Trinajstić information content (AvgIpc) is 3.00. The van der Waals surface area contributed by atoms with Gasteiger partial charge in [0, 0.05) is 20.0 Å². The summed E-state index contributed by atoms with van der Waals surface area (Å²) in [4.78, 5) is 16.4. The topological polar surface area (TPSA) is 56.1 Å². The maximum absolute atomic E-state index is 12.0. The van der Waals surface area contributed by atoms with E-state index in [4.69, 9.17) is 4.74 Å². The zero-order valence-corrected chi connectivity index (χ0v) is 14.7. The number of amides is 1. The first-order valence-electron chi connectivity index (χ1n) is 8.45. The normalized spacial score (nSPS) is 10.8. The van der Waals surface area contributed by atoms with E-state index in [2.05, 4.69) is 28.5 Å². The molecule has 5 heteroatoms. The van der Waals surface area contributed by atoms with Crippen LogP contribution >= 0.6 is 0 Å². The number of aromatic nitrogens is 2. The van der Waals surface area contributed by atoms with E-state index in [1.165, 1.54) is 5.56 Å². The van der Waals surface area contributed by atoms with Gasteiger partial charge in [0.15, 0.2) is 0 Å². The summed E-state index contributed by atoms with van der Waals surface area (Å²) in [5, 5.41) is 2.99. The van der Waals surface area contributed by atoms with Gasteiger partial charge in [-0.3, -0.25) is 4.79 Å². The zero-order valence-electron chi connectivity index (χ0n) is 14.7. The first kappa shape index (κ1) is 17.0. The van der Waals surface area contributed by atoms with Gasteiger partial charge in [0.2, 0.25) is 5.91 Å². The van der Waals surface area contributed by atoms with Crippen molar-refractivity contribution in [3.05, 3.63) is 59.9 Å². The van der Waals surface area contributed by atoms with E-state index in [9.17, 15) is 4.79 Å². The second-order valence-electron chi connectivity index (χ2n) is 6.13. The van der Waals surface area contributed by atoms with Crippen LogP contribution in [0.25, 0.3) is 11.0 Å². The largest absolute Gasteiger partial charge is 0.497 e. The van der Waals surface area contributed by atoms with Crippen molar-refractivity contribution in [1.29, 1.82) is 0 Å². The lowest BCUT2D eigenvalue weighted by Crippen LogP contribution is -2.25. The van der Waals surface area contributed by atoms with Crippen LogP contribution < -0.4 is 10.1 Å². The van der Waals surface area contributed by atoms with Crippen molar-refractivity contribution >= 4 is 16.9 Å². The summed E-state index contributed by atoms with van der Waals surface area (Å²) in [6.07, 6.45) is 3.81. The minimum absolute atomic E-state index is 0.0711. The Balaban J connectivity index is 1.45. The number of hydrogen-bond donors (Lipinski definition) is 1. The number of fused-ring (bicyclic) bond motifs is 1. The number of ether oxygens (including phenoxy) is 1. The second-order valence-corrected chi connectivity index (χ2v) is 6.13. The monoisotopic (exact) mass is 337 g/mol. The van der Waals surface area contributed by atoms with Crippen LogP contribution in [0.5, 0.6) is 5.75 Å². The van der Waals surface area contributed by atoms with Crippen LogP contribution in [-0.4, -0.2) is 29.1 Å². The molecule has 1 amide bonds. The summed E-state index contributed by atoms with van der Waals surface area (Å²) in [7, 11) is 3.63. The minimum atomic E-state index is 0.0711. The van der Waals surface area contributed by atoms with Gasteiger partial charge in [-0.25, -0.2) is 4.98 Å². The van der Waals surface area contributed by atoms with Crippen molar-refractivity contribution in [3.8, 4) is 5.75 Å². The van der Waals surface area contributed by atoms with E-state index in [-0.39, 0.29) is 5.91 Å². The fourth-order valence-corrected chi connectivity index (χ4v) is 2.86. The fourth-order valence-electron chi connectivity index (χ4n) is 2.86. The highest BCUT2D eigenvalue weighted by Crippen LogP contribution is 2.15. The molecule has 0 radical (unpaired) electrons. The summed E-state index contributed by atoms with van der Waals surface area (Å²) in [6, 6.07) is 14.1. The molecule has 1 aromatic heterocycles. The number of nitrogens with one attached hydrogen (secondary N) is 1. The van der Waals surface area contributed by atoms with Gasteiger partial charge >= 0.3 is 0 Å². The Morgan fingerprint density at radius 3 is 2.84 bits per heavy atom. The summed E-state index contributed by atoms with van der Waals surface area (Å²) in [5.74, 6) is 0.893. The van der Waals surface area contributed by atoms with Crippen LogP contribution in [-0.2, 0) is 24.7 Å². The van der Waals surface area contributed by atoms with E-state index >= 15 is 0 Å². The number of carbonyl (C=O) groups is 1. The zero-order chi connectivity index (χ0) is 17.6. The third-order valence-electron chi connectivity index (χ3n) is 4.30. The number of hydrogen-bond acceptors (Lipinski definition) is 3. The van der Waals surface area contributed by atoms with Gasteiger partial charge in [0.25, 0.3) is 0 Å². The minimum Gasteiger partial charge on any atom is -0.497 e. The molecule has 3 aromatic rings. The van der Waals surface area contributed by atoms with Crippen LogP contribution in [0, 0.1) is 0 Å². The van der Waals surface area contributed by atoms with Gasteiger partial charge in [-0.15, -0.1) is 0 Å². The van der Waals surface area contributed by atoms with Crippen LogP contribution in [0.1, 0.15) is 17.5 Å². The molecule has 0 aliphatic rings. The first-order valence-corrected chi connectivity index (χ1v) is 8.45. The number of aryl methyl sites for hydroxylation is 2. The third-order valence-corrected chi connectivity index (χ3v) is 4.30. The van der Waals surface area contributed by atoms with Crippen LogP contribution in [0.4, 0.5) is 0 Å². The molecule has 0 fully saturated rings. The number of carbonyl (C=O) groups excluding carboxylic acids is 1. The molecule has 0 aliphatic carbocycles. The number of methoxy groups -OCH3 is 1. The molecule has 25 heavy (non-hydrogen) atoms. The SMILES string of the molecule is COc1cccc(CCC(=O)NCCc2ccc3c(c2)ncn3C)c1. The quantitative estimate of drug-likeness (QED) is 0.721. The summed E-state index contributed by atoms with van der Waals surface area (Å²) in [5.41, 5.74) is 4.39. The predicted octanol–water partition coefficient (Wildman–Crippen LogP) is 2.87. The molecule has 1 N–H and O–H groups in total. The molecular weight excluding hydrogens is 314 g/mol. The molecule has 0 atom stereocenters. The van der Waals surface area contributed by atoms with E-state index in [0.29, 0.717) is 19.4 Å². The average molecular weight is 337 g/mol. The Morgan fingerprint density at radius 1 is 1.16 bits per heavy atom. The van der Waals surface area contributed by atoms with Crippen LogP contribution in [0.15, 0.2) is 48.8 Å². The summed E-state index contributed by atoms with van der Waals surface area (Å²) < 4.78 is 7.20. The standard InChI is InChI=1S/C20H23N3O2/c1-23-14-22-18-13-16(6-8-19(18)23)10-11-21-20(24)9-7-15-4-3-5-17(12-15)25-2/h3-6,8,12-14H,7,9-11H2,1-2H3,(H,21,24). The van der Waals surface area contributed by atoms with E-state index in [1.54, 1.807) is 7.11 Å². The van der Waals surface area contributed by atoms with Crippen LogP contribution in [0.3, 0.4) is 0 Å². The molecule has 0 spiro atoms. The molecule has 130 valence electrons. The Bertz CT molecular complexity index is 870. The van der Waals surface area contributed by atoms with Gasteiger partial charge in [0.1, 0.15) is 5.75 Å². The van der Waals surface area contributed by atoms with E-state index in [1.807, 2.05) is 42.2 Å². The lowest BCUT2D eigenvalue weighted by atomic mass is 10.1. The van der Waals surface area contributed by atoms with Crippen molar-refractivity contribution in [1.82, 2.24) is 14.9 Å². The molecule has 0 saturated carbocycles. The Hall–Kier alpha value is -2.82. The molecule has 3 rings (SSSR count). The lowest BCUT2D eigenvalue weighted by molar-refractivity contribution is -0.121. The molecule has 5 nitrogen and oxygen atoms in total. The first-order chi connectivity index (χ1) is 12.2. The lowest BCUT2D eigenvalue weighted by Gasteiger charge is -2.07. The Morgan fingerprint density at radius 2 is 2.00 bits per heavy atom. The number of imidazole rings is 1. The predicted molar refractivity (Wildman–Crippen MR) is 98.7 cm³/mol. The van der Waals surface area contributed by atoms with Gasteiger partial charge < -0.3 is 14.6 Å². The third kappa shape index (κ3) is 4.38. The highest BCUT2D eigenvalue weighted by atomic mass is 16.5. The fraction of sp³-hybridized carbons (Fsp3) is 0.300. The van der Waals surface area contributed by atoms with Crippen LogP contribution in [0.2, 0.25) is 0 Å². The van der Waals surface area contributed by atoms with E-state index in [0.717, 1.165) is 28.8 Å². The van der Waals surface area contributed by atoms with Gasteiger partial charge in [-0.2, -0.15) is 0 Å². The van der Waals surface area contributed by atoms with Crippen molar-refractivity contribution in [2.24, 2.45) is 7.05 Å². The molecule has 0 aliphatic heterocycles. The molecule has 2 aromatic carbocycles. The van der Waals surface area contributed by atoms with Gasteiger partial charge in [-0.1, -0.05) is 18.2 Å². The smallest absolute Gasteiger partial charge is 0.220 e.